The first-order valence-electron chi connectivity index (χ1n) is 5.15. The van der Waals surface area contributed by atoms with Gasteiger partial charge >= 0.3 is 0 Å². The van der Waals surface area contributed by atoms with Crippen molar-refractivity contribution in [1.29, 1.82) is 0 Å². The molecule has 0 bridgehead atoms. The first-order chi connectivity index (χ1) is 6.07. The summed E-state index contributed by atoms with van der Waals surface area (Å²) in [6, 6.07) is 0. The molecule has 80 valence electrons. The molecule has 1 fully saturated rings. The fourth-order valence-electron chi connectivity index (χ4n) is 2.30. The largest absolute Gasteiger partial charge is 0.291 e. The molecule has 2 heteroatoms. The van der Waals surface area contributed by atoms with E-state index in [1.165, 1.54) is 0 Å². The van der Waals surface area contributed by atoms with Crippen LogP contribution in [-0.4, -0.2) is 11.6 Å². The van der Waals surface area contributed by atoms with Gasteiger partial charge in [0.25, 0.3) is 0 Å². The summed E-state index contributed by atoms with van der Waals surface area (Å²) in [4.78, 5) is 23.0. The zero-order chi connectivity index (χ0) is 11.3. The van der Waals surface area contributed by atoms with Gasteiger partial charge in [0.15, 0.2) is 0 Å². The topological polar surface area (TPSA) is 34.1 Å². The Balaban J connectivity index is 2.98. The van der Waals surface area contributed by atoms with E-state index in [1.807, 2.05) is 41.5 Å². The molecule has 0 N–H and O–H groups in total. The Morgan fingerprint density at radius 1 is 0.714 bits per heavy atom. The summed E-state index contributed by atoms with van der Waals surface area (Å²) in [7, 11) is 0. The Hall–Kier alpha value is -0.660. The summed E-state index contributed by atoms with van der Waals surface area (Å²) in [6.07, 6.45) is 0. The van der Waals surface area contributed by atoms with Gasteiger partial charge in [0, 0.05) is 11.8 Å². The van der Waals surface area contributed by atoms with E-state index in [-0.39, 0.29) is 34.2 Å². The smallest absolute Gasteiger partial charge is 0.203 e. The molecule has 0 spiro atoms. The van der Waals surface area contributed by atoms with E-state index in [2.05, 4.69) is 0 Å². The van der Waals surface area contributed by atoms with Crippen LogP contribution < -0.4 is 0 Å². The molecule has 0 amide bonds. The van der Waals surface area contributed by atoms with Crippen LogP contribution in [0.2, 0.25) is 0 Å². The highest BCUT2D eigenvalue weighted by atomic mass is 16.2. The highest BCUT2D eigenvalue weighted by Crippen LogP contribution is 2.49. The third kappa shape index (κ3) is 1.62. The lowest BCUT2D eigenvalue weighted by Gasteiger charge is -2.47. The standard InChI is InChI=1S/C12H20O2/c1-11(2,3)7-8(12(4,5)6)10(14)9(7)13/h7-8H,1-6H3/t7-,8-/m1/s1. The Labute approximate surface area is 86.1 Å². The second-order valence-electron chi connectivity index (χ2n) is 6.42. The maximum absolute atomic E-state index is 11.5. The molecule has 2 nitrogen and oxygen atoms in total. The minimum atomic E-state index is -0.169. The molecule has 2 atom stereocenters. The van der Waals surface area contributed by atoms with Crippen LogP contribution >= 0.6 is 0 Å². The van der Waals surface area contributed by atoms with E-state index >= 15 is 0 Å². The number of hydrogen-bond acceptors (Lipinski definition) is 2. The first kappa shape index (κ1) is 11.4. The molecule has 0 unspecified atom stereocenters. The van der Waals surface area contributed by atoms with E-state index in [0.29, 0.717) is 0 Å². The molecular formula is C12H20O2. The van der Waals surface area contributed by atoms with E-state index in [0.717, 1.165) is 0 Å². The van der Waals surface area contributed by atoms with Crippen molar-refractivity contribution in [3.63, 3.8) is 0 Å². The number of Topliss-reactive ketones (excluding diaryl/α,β-unsaturated/α-hetero) is 2. The fraction of sp³-hybridized carbons (Fsp3) is 0.833. The van der Waals surface area contributed by atoms with E-state index in [4.69, 9.17) is 0 Å². The maximum atomic E-state index is 11.5. The van der Waals surface area contributed by atoms with Crippen LogP contribution in [0.25, 0.3) is 0 Å². The Kier molecular flexibility index (Phi) is 2.38. The van der Waals surface area contributed by atoms with Gasteiger partial charge in [0.05, 0.1) is 0 Å². The molecule has 1 aliphatic carbocycles. The molecule has 1 saturated carbocycles. The zero-order valence-corrected chi connectivity index (χ0v) is 9.97. The molecule has 0 aromatic heterocycles. The second-order valence-corrected chi connectivity index (χ2v) is 6.42. The zero-order valence-electron chi connectivity index (χ0n) is 9.97. The van der Waals surface area contributed by atoms with Gasteiger partial charge in [0.1, 0.15) is 0 Å². The highest BCUT2D eigenvalue weighted by molar-refractivity contribution is 6.45. The molecule has 0 saturated heterocycles. The monoisotopic (exact) mass is 196 g/mol. The lowest BCUT2D eigenvalue weighted by atomic mass is 9.52. The number of rotatable bonds is 0. The molecule has 0 heterocycles. The van der Waals surface area contributed by atoms with Crippen molar-refractivity contribution in [3.8, 4) is 0 Å². The Morgan fingerprint density at radius 3 is 1.07 bits per heavy atom. The van der Waals surface area contributed by atoms with Crippen LogP contribution in [0.15, 0.2) is 0 Å². The second kappa shape index (κ2) is 2.91. The summed E-state index contributed by atoms with van der Waals surface area (Å²) in [5.74, 6) is -0.514. The van der Waals surface area contributed by atoms with E-state index < -0.39 is 0 Å². The van der Waals surface area contributed by atoms with Crippen LogP contribution in [0, 0.1) is 22.7 Å². The molecule has 0 aromatic carbocycles. The third-order valence-corrected chi connectivity index (χ3v) is 3.01. The van der Waals surface area contributed by atoms with Crippen LogP contribution in [0.4, 0.5) is 0 Å². The SMILES string of the molecule is CC(C)(C)[C@H]1C(=O)C(=O)[C@@H]1C(C)(C)C. The van der Waals surface area contributed by atoms with Crippen LogP contribution in [0.3, 0.4) is 0 Å². The molecule has 14 heavy (non-hydrogen) atoms. The van der Waals surface area contributed by atoms with Gasteiger partial charge in [-0.2, -0.15) is 0 Å². The van der Waals surface area contributed by atoms with Crippen molar-refractivity contribution < 1.29 is 9.59 Å². The predicted octanol–water partition coefficient (Wildman–Crippen LogP) is 2.46. The summed E-state index contributed by atoms with van der Waals surface area (Å²) in [6.45, 7) is 12.2. The Bertz CT molecular complexity index is 246. The van der Waals surface area contributed by atoms with E-state index in [9.17, 15) is 9.59 Å². The quantitative estimate of drug-likeness (QED) is 0.558. The minimum absolute atomic E-state index is 0.0880. The Morgan fingerprint density at radius 2 is 0.929 bits per heavy atom. The van der Waals surface area contributed by atoms with Crippen molar-refractivity contribution in [1.82, 2.24) is 0 Å². The van der Waals surface area contributed by atoms with Gasteiger partial charge in [-0.05, 0) is 10.8 Å². The molecule has 0 aromatic rings. The lowest BCUT2D eigenvalue weighted by Crippen LogP contribution is -2.58. The van der Waals surface area contributed by atoms with E-state index in [1.54, 1.807) is 0 Å². The van der Waals surface area contributed by atoms with Gasteiger partial charge in [0.2, 0.25) is 11.6 Å². The van der Waals surface area contributed by atoms with Crippen molar-refractivity contribution in [2.24, 2.45) is 22.7 Å². The van der Waals surface area contributed by atoms with Crippen LogP contribution in [0.5, 0.6) is 0 Å². The molecule has 0 radical (unpaired) electrons. The van der Waals surface area contributed by atoms with Crippen molar-refractivity contribution in [2.45, 2.75) is 41.5 Å². The molecule has 1 aliphatic rings. The van der Waals surface area contributed by atoms with Gasteiger partial charge in [-0.15, -0.1) is 0 Å². The van der Waals surface area contributed by atoms with Gasteiger partial charge in [-0.3, -0.25) is 9.59 Å². The van der Waals surface area contributed by atoms with Crippen molar-refractivity contribution in [2.75, 3.05) is 0 Å². The fourth-order valence-corrected chi connectivity index (χ4v) is 2.30. The summed E-state index contributed by atoms with van der Waals surface area (Å²) in [5.41, 5.74) is -0.189. The van der Waals surface area contributed by atoms with Gasteiger partial charge in [-0.25, -0.2) is 0 Å². The normalized spacial score (nSPS) is 29.0. The average molecular weight is 196 g/mol. The first-order valence-corrected chi connectivity index (χ1v) is 5.15. The molecule has 1 rings (SSSR count). The van der Waals surface area contributed by atoms with Gasteiger partial charge < -0.3 is 0 Å². The average Bonchev–Trinajstić information content (AvgIpc) is 1.93. The number of ketones is 2. The lowest BCUT2D eigenvalue weighted by molar-refractivity contribution is -0.163. The molecule has 0 aliphatic heterocycles. The number of hydrogen-bond donors (Lipinski definition) is 0. The summed E-state index contributed by atoms with van der Waals surface area (Å²) >= 11 is 0. The highest BCUT2D eigenvalue weighted by Gasteiger charge is 2.58. The summed E-state index contributed by atoms with van der Waals surface area (Å²) < 4.78 is 0. The van der Waals surface area contributed by atoms with Crippen LogP contribution in [0.1, 0.15) is 41.5 Å². The van der Waals surface area contributed by atoms with Crippen LogP contribution in [-0.2, 0) is 9.59 Å². The predicted molar refractivity (Wildman–Crippen MR) is 55.9 cm³/mol. The van der Waals surface area contributed by atoms with Gasteiger partial charge in [-0.1, -0.05) is 41.5 Å². The maximum Gasteiger partial charge on any atom is 0.203 e. The molecular weight excluding hydrogens is 176 g/mol. The number of carbonyl (C=O) groups excluding carboxylic acids is 2. The third-order valence-electron chi connectivity index (χ3n) is 3.01. The van der Waals surface area contributed by atoms with Crippen molar-refractivity contribution >= 4 is 11.6 Å². The van der Waals surface area contributed by atoms with Crippen molar-refractivity contribution in [3.05, 3.63) is 0 Å². The number of carbonyl (C=O) groups is 2. The minimum Gasteiger partial charge on any atom is -0.291 e. The summed E-state index contributed by atoms with van der Waals surface area (Å²) in [5, 5.41) is 0.